The molecule has 12 heavy (non-hydrogen) atoms. The molecule has 0 bridgehead atoms. The second kappa shape index (κ2) is 3.87. The van der Waals surface area contributed by atoms with Gasteiger partial charge in [-0.25, -0.2) is 0 Å². The Balaban J connectivity index is 2.38. The lowest BCUT2D eigenvalue weighted by Gasteiger charge is -2.20. The minimum absolute atomic E-state index is 0.0732. The average Bonchev–Trinajstić information content (AvgIpc) is 2.36. The van der Waals surface area contributed by atoms with E-state index in [9.17, 15) is 9.90 Å². The van der Waals surface area contributed by atoms with Crippen LogP contribution in [-0.4, -0.2) is 48.3 Å². The molecule has 4 nitrogen and oxygen atoms in total. The normalized spacial score (nSPS) is 30.6. The molecule has 0 saturated carbocycles. The summed E-state index contributed by atoms with van der Waals surface area (Å²) in [6, 6.07) is 0.0732. The van der Waals surface area contributed by atoms with Crippen molar-refractivity contribution in [2.24, 2.45) is 0 Å². The Morgan fingerprint density at radius 1 is 1.75 bits per heavy atom. The molecule has 0 unspecified atom stereocenters. The van der Waals surface area contributed by atoms with Crippen LogP contribution in [0.25, 0.3) is 0 Å². The first-order valence-electron chi connectivity index (χ1n) is 4.14. The van der Waals surface area contributed by atoms with Crippen molar-refractivity contribution in [1.82, 2.24) is 4.90 Å². The zero-order chi connectivity index (χ0) is 9.14. The van der Waals surface area contributed by atoms with Gasteiger partial charge in [0.15, 0.2) is 0 Å². The topological polar surface area (TPSA) is 49.8 Å². The van der Waals surface area contributed by atoms with Gasteiger partial charge in [0.05, 0.1) is 19.8 Å². The summed E-state index contributed by atoms with van der Waals surface area (Å²) in [6.07, 6.45) is 0.452. The monoisotopic (exact) mass is 173 g/mol. The number of esters is 1. The van der Waals surface area contributed by atoms with Crippen LogP contribution in [0.2, 0.25) is 0 Å². The Bertz CT molecular complexity index is 172. The Hall–Kier alpha value is -0.610. The lowest BCUT2D eigenvalue weighted by molar-refractivity contribution is -0.142. The number of hydrogen-bond acceptors (Lipinski definition) is 4. The smallest absolute Gasteiger partial charge is 0.319 e. The second-order valence-electron chi connectivity index (χ2n) is 3.14. The van der Waals surface area contributed by atoms with Crippen molar-refractivity contribution in [3.05, 3.63) is 0 Å². The highest BCUT2D eigenvalue weighted by Gasteiger charge is 2.30. The number of aliphatic hydroxyl groups is 1. The molecule has 0 spiro atoms. The number of aliphatic hydroxyl groups excluding tert-OH is 1. The maximum absolute atomic E-state index is 10.9. The lowest BCUT2D eigenvalue weighted by atomic mass is 10.2. The molecule has 0 radical (unpaired) electrons. The van der Waals surface area contributed by atoms with E-state index in [0.29, 0.717) is 0 Å². The van der Waals surface area contributed by atoms with Crippen molar-refractivity contribution in [3.8, 4) is 0 Å². The minimum Gasteiger partial charge on any atom is -0.468 e. The number of carbonyl (C=O) groups excluding carboxylic acids is 1. The molecule has 0 amide bonds. The van der Waals surface area contributed by atoms with Gasteiger partial charge in [-0.15, -0.1) is 0 Å². The molecule has 1 aliphatic rings. The highest BCUT2D eigenvalue weighted by Crippen LogP contribution is 2.16. The molecule has 0 aromatic rings. The molecule has 1 rings (SSSR count). The number of nitrogens with zero attached hydrogens (tertiary/aromatic N) is 1. The van der Waals surface area contributed by atoms with Crippen LogP contribution in [0.4, 0.5) is 0 Å². The fraction of sp³-hybridized carbons (Fsp3) is 0.875. The molecule has 0 aromatic heterocycles. The summed E-state index contributed by atoms with van der Waals surface area (Å²) in [5.74, 6) is -0.240. The summed E-state index contributed by atoms with van der Waals surface area (Å²) >= 11 is 0. The minimum atomic E-state index is -0.297. The molecular weight excluding hydrogens is 158 g/mol. The fourth-order valence-electron chi connectivity index (χ4n) is 1.44. The van der Waals surface area contributed by atoms with Gasteiger partial charge >= 0.3 is 5.97 Å². The Kier molecular flexibility index (Phi) is 3.05. The second-order valence-corrected chi connectivity index (χ2v) is 3.14. The van der Waals surface area contributed by atoms with Crippen LogP contribution in [0.1, 0.15) is 13.3 Å². The van der Waals surface area contributed by atoms with Crippen LogP contribution in [0.15, 0.2) is 0 Å². The summed E-state index contributed by atoms with van der Waals surface area (Å²) in [7, 11) is 1.37. The van der Waals surface area contributed by atoms with E-state index in [-0.39, 0.29) is 24.7 Å². The number of rotatable bonds is 2. The summed E-state index contributed by atoms with van der Waals surface area (Å²) in [6.45, 7) is 2.98. The first kappa shape index (κ1) is 9.48. The molecule has 2 atom stereocenters. The maximum Gasteiger partial charge on any atom is 0.319 e. The number of carbonyl (C=O) groups is 1. The molecular formula is C8H15NO3. The van der Waals surface area contributed by atoms with E-state index < -0.39 is 0 Å². The molecule has 70 valence electrons. The van der Waals surface area contributed by atoms with Gasteiger partial charge in [-0.05, 0) is 13.3 Å². The van der Waals surface area contributed by atoms with Crippen LogP contribution < -0.4 is 0 Å². The molecule has 0 aromatic carbocycles. The number of likely N-dealkylation sites (tertiary alicyclic amines) is 1. The standard InChI is InChI=1S/C8H15NO3/c1-6-7(10)3-4-9(6)5-8(11)12-2/h6-7,10H,3-5H2,1-2H3/t6-,7+/m0/s1. The summed E-state index contributed by atoms with van der Waals surface area (Å²) < 4.78 is 4.53. The van der Waals surface area contributed by atoms with Gasteiger partial charge < -0.3 is 9.84 Å². The third kappa shape index (κ3) is 1.95. The summed E-state index contributed by atoms with van der Waals surface area (Å²) in [5, 5.41) is 9.36. The fourth-order valence-corrected chi connectivity index (χ4v) is 1.44. The first-order valence-corrected chi connectivity index (χ1v) is 4.14. The van der Waals surface area contributed by atoms with Crippen LogP contribution in [-0.2, 0) is 9.53 Å². The Morgan fingerprint density at radius 3 is 2.83 bits per heavy atom. The van der Waals surface area contributed by atoms with Gasteiger partial charge in [0.2, 0.25) is 0 Å². The van der Waals surface area contributed by atoms with Gasteiger partial charge in [0.25, 0.3) is 0 Å². The molecule has 1 aliphatic heterocycles. The average molecular weight is 173 g/mol. The van der Waals surface area contributed by atoms with Crippen LogP contribution in [0.3, 0.4) is 0 Å². The number of hydrogen-bond donors (Lipinski definition) is 1. The largest absolute Gasteiger partial charge is 0.468 e. The highest BCUT2D eigenvalue weighted by molar-refractivity contribution is 5.71. The quantitative estimate of drug-likeness (QED) is 0.578. The van der Waals surface area contributed by atoms with Crippen molar-refractivity contribution < 1.29 is 14.6 Å². The summed E-state index contributed by atoms with van der Waals surface area (Å²) in [4.78, 5) is 12.8. The zero-order valence-electron chi connectivity index (χ0n) is 7.49. The van der Waals surface area contributed by atoms with E-state index >= 15 is 0 Å². The van der Waals surface area contributed by atoms with Gasteiger partial charge in [-0.1, -0.05) is 0 Å². The molecule has 4 heteroatoms. The third-order valence-corrected chi connectivity index (χ3v) is 2.40. The van der Waals surface area contributed by atoms with Crippen LogP contribution in [0.5, 0.6) is 0 Å². The van der Waals surface area contributed by atoms with Crippen molar-refractivity contribution in [1.29, 1.82) is 0 Å². The number of methoxy groups -OCH3 is 1. The van der Waals surface area contributed by atoms with Crippen molar-refractivity contribution >= 4 is 5.97 Å². The predicted octanol–water partition coefficient (Wildman–Crippen LogP) is -0.386. The van der Waals surface area contributed by atoms with E-state index in [1.54, 1.807) is 0 Å². The first-order chi connectivity index (χ1) is 5.65. The van der Waals surface area contributed by atoms with E-state index in [0.717, 1.165) is 13.0 Å². The molecule has 1 heterocycles. The maximum atomic E-state index is 10.9. The Labute approximate surface area is 72.1 Å². The molecule has 1 fully saturated rings. The van der Waals surface area contributed by atoms with E-state index in [2.05, 4.69) is 4.74 Å². The molecule has 1 saturated heterocycles. The predicted molar refractivity (Wildman–Crippen MR) is 43.7 cm³/mol. The van der Waals surface area contributed by atoms with Crippen molar-refractivity contribution in [2.75, 3.05) is 20.2 Å². The SMILES string of the molecule is COC(=O)CN1CC[C@@H](O)[C@@H]1C. The lowest BCUT2D eigenvalue weighted by Crippen LogP contribution is -2.36. The van der Waals surface area contributed by atoms with E-state index in [1.807, 2.05) is 11.8 Å². The van der Waals surface area contributed by atoms with Crippen LogP contribution >= 0.6 is 0 Å². The van der Waals surface area contributed by atoms with E-state index in [4.69, 9.17) is 0 Å². The molecule has 0 aliphatic carbocycles. The van der Waals surface area contributed by atoms with E-state index in [1.165, 1.54) is 7.11 Å². The highest BCUT2D eigenvalue weighted by atomic mass is 16.5. The van der Waals surface area contributed by atoms with Gasteiger partial charge in [-0.3, -0.25) is 9.69 Å². The van der Waals surface area contributed by atoms with Crippen molar-refractivity contribution in [3.63, 3.8) is 0 Å². The van der Waals surface area contributed by atoms with Gasteiger partial charge in [0.1, 0.15) is 0 Å². The third-order valence-electron chi connectivity index (χ3n) is 2.40. The summed E-state index contributed by atoms with van der Waals surface area (Å²) in [5.41, 5.74) is 0. The Morgan fingerprint density at radius 2 is 2.42 bits per heavy atom. The number of ether oxygens (including phenoxy) is 1. The van der Waals surface area contributed by atoms with Crippen LogP contribution in [0, 0.1) is 0 Å². The van der Waals surface area contributed by atoms with Crippen molar-refractivity contribution in [2.45, 2.75) is 25.5 Å². The molecule has 1 N–H and O–H groups in total. The van der Waals surface area contributed by atoms with Gasteiger partial charge in [0, 0.05) is 12.6 Å². The zero-order valence-corrected chi connectivity index (χ0v) is 7.49. The van der Waals surface area contributed by atoms with Gasteiger partial charge in [-0.2, -0.15) is 0 Å².